The molecule has 92 valence electrons. The molecular weight excluding hydrogens is 238 g/mol. The van der Waals surface area contributed by atoms with E-state index in [9.17, 15) is 8.42 Å². The Morgan fingerprint density at radius 2 is 2.06 bits per heavy atom. The van der Waals surface area contributed by atoms with Gasteiger partial charge < -0.3 is 4.57 Å². The summed E-state index contributed by atoms with van der Waals surface area (Å²) in [5.41, 5.74) is 1.87. The van der Waals surface area contributed by atoms with Gasteiger partial charge in [0.1, 0.15) is 5.82 Å². The summed E-state index contributed by atoms with van der Waals surface area (Å²) in [4.78, 5) is 4.39. The molecule has 0 fully saturated rings. The number of nitrogens with zero attached hydrogens (tertiary/aromatic N) is 2. The number of benzene rings is 1. The Hall–Kier alpha value is -1.40. The number of imidazole rings is 1. The molecular formula is C11H15N3O2S. The lowest BCUT2D eigenvalue weighted by atomic mass is 10.3. The Morgan fingerprint density at radius 3 is 2.71 bits per heavy atom. The number of hydrogen-bond acceptors (Lipinski definition) is 3. The van der Waals surface area contributed by atoms with E-state index in [0.29, 0.717) is 5.82 Å². The van der Waals surface area contributed by atoms with Crippen LogP contribution in [0.25, 0.3) is 11.0 Å². The van der Waals surface area contributed by atoms with E-state index < -0.39 is 10.0 Å². The lowest BCUT2D eigenvalue weighted by Gasteiger charge is -2.04. The molecule has 0 amide bonds. The molecule has 1 N–H and O–H groups in total. The maximum absolute atomic E-state index is 11.4. The van der Waals surface area contributed by atoms with Crippen molar-refractivity contribution >= 4 is 21.1 Å². The van der Waals surface area contributed by atoms with Crippen molar-refractivity contribution in [2.75, 3.05) is 5.75 Å². The van der Waals surface area contributed by atoms with E-state index in [1.165, 1.54) is 0 Å². The maximum atomic E-state index is 11.4. The van der Waals surface area contributed by atoms with Gasteiger partial charge in [0.2, 0.25) is 10.0 Å². The van der Waals surface area contributed by atoms with Gasteiger partial charge in [-0.05, 0) is 19.1 Å². The first kappa shape index (κ1) is 12.1. The molecule has 0 bridgehead atoms. The van der Waals surface area contributed by atoms with Gasteiger partial charge in [0.05, 0.1) is 23.3 Å². The average molecular weight is 253 g/mol. The number of fused-ring (bicyclic) bond motifs is 1. The van der Waals surface area contributed by atoms with Crippen LogP contribution < -0.4 is 4.72 Å². The van der Waals surface area contributed by atoms with Crippen LogP contribution in [0.2, 0.25) is 0 Å². The highest BCUT2D eigenvalue weighted by molar-refractivity contribution is 7.89. The smallest absolute Gasteiger partial charge is 0.211 e. The predicted molar refractivity (Wildman–Crippen MR) is 67.0 cm³/mol. The van der Waals surface area contributed by atoms with Gasteiger partial charge in [-0.15, -0.1) is 0 Å². The number of aromatic nitrogens is 2. The largest absolute Gasteiger partial charge is 0.330 e. The first-order chi connectivity index (χ1) is 8.03. The van der Waals surface area contributed by atoms with Gasteiger partial charge in [-0.3, -0.25) is 0 Å². The van der Waals surface area contributed by atoms with Gasteiger partial charge in [0.25, 0.3) is 0 Å². The third-order valence-corrected chi connectivity index (χ3v) is 4.05. The zero-order valence-corrected chi connectivity index (χ0v) is 10.7. The fourth-order valence-electron chi connectivity index (χ4n) is 1.63. The number of aryl methyl sites for hydroxylation is 1. The normalized spacial score (nSPS) is 12.1. The van der Waals surface area contributed by atoms with E-state index in [1.807, 2.05) is 35.9 Å². The second-order valence-corrected chi connectivity index (χ2v) is 5.90. The van der Waals surface area contributed by atoms with Gasteiger partial charge in [-0.1, -0.05) is 12.1 Å². The zero-order chi connectivity index (χ0) is 12.5. The topological polar surface area (TPSA) is 64.0 Å². The molecule has 0 aliphatic carbocycles. The molecule has 0 spiro atoms. The minimum absolute atomic E-state index is 0.0803. The third-order valence-electron chi connectivity index (χ3n) is 2.71. The molecule has 2 aromatic rings. The minimum Gasteiger partial charge on any atom is -0.330 e. The van der Waals surface area contributed by atoms with Crippen molar-refractivity contribution in [3.05, 3.63) is 30.1 Å². The van der Waals surface area contributed by atoms with E-state index >= 15 is 0 Å². The summed E-state index contributed by atoms with van der Waals surface area (Å²) in [6.07, 6.45) is 0. The van der Waals surface area contributed by atoms with Crippen LogP contribution in [0, 0.1) is 0 Å². The van der Waals surface area contributed by atoms with E-state index in [2.05, 4.69) is 9.71 Å². The highest BCUT2D eigenvalue weighted by Gasteiger charge is 2.10. The molecule has 1 aromatic heterocycles. The lowest BCUT2D eigenvalue weighted by molar-refractivity contribution is 0.579. The first-order valence-electron chi connectivity index (χ1n) is 5.41. The molecule has 0 aliphatic heterocycles. The van der Waals surface area contributed by atoms with Crippen molar-refractivity contribution in [1.29, 1.82) is 0 Å². The molecule has 2 rings (SSSR count). The Bertz CT molecular complexity index is 631. The van der Waals surface area contributed by atoms with Crippen LogP contribution in [0.4, 0.5) is 0 Å². The monoisotopic (exact) mass is 253 g/mol. The standard InChI is InChI=1S/C11H15N3O2S/c1-3-17(15,16)12-8-11-13-9-6-4-5-7-10(9)14(11)2/h4-7,12H,3,8H2,1-2H3. The van der Waals surface area contributed by atoms with Crippen LogP contribution in [-0.2, 0) is 23.6 Å². The molecule has 1 heterocycles. The van der Waals surface area contributed by atoms with Crippen molar-refractivity contribution in [2.24, 2.45) is 7.05 Å². The molecule has 17 heavy (non-hydrogen) atoms. The molecule has 0 saturated carbocycles. The molecule has 6 heteroatoms. The molecule has 0 saturated heterocycles. The van der Waals surface area contributed by atoms with Gasteiger partial charge in [-0.2, -0.15) is 0 Å². The summed E-state index contributed by atoms with van der Waals surface area (Å²) in [5, 5.41) is 0. The quantitative estimate of drug-likeness (QED) is 0.884. The summed E-state index contributed by atoms with van der Waals surface area (Å²) in [5.74, 6) is 0.792. The second kappa shape index (κ2) is 4.46. The van der Waals surface area contributed by atoms with Crippen molar-refractivity contribution in [3.63, 3.8) is 0 Å². The number of hydrogen-bond donors (Lipinski definition) is 1. The Labute approximate surface area is 101 Å². The van der Waals surface area contributed by atoms with Gasteiger partial charge in [-0.25, -0.2) is 18.1 Å². The molecule has 0 atom stereocenters. The third kappa shape index (κ3) is 2.48. The average Bonchev–Trinajstić information content (AvgIpc) is 2.65. The summed E-state index contributed by atoms with van der Waals surface area (Å²) in [6.45, 7) is 1.83. The number of para-hydroxylation sites is 2. The maximum Gasteiger partial charge on any atom is 0.211 e. The van der Waals surface area contributed by atoms with Crippen LogP contribution in [0.3, 0.4) is 0 Å². The highest BCUT2D eigenvalue weighted by Crippen LogP contribution is 2.13. The van der Waals surface area contributed by atoms with Crippen molar-refractivity contribution < 1.29 is 8.42 Å². The Kier molecular flexibility index (Phi) is 3.17. The second-order valence-electron chi connectivity index (χ2n) is 3.80. The molecule has 0 unspecified atom stereocenters. The molecule has 1 aromatic carbocycles. The van der Waals surface area contributed by atoms with E-state index in [1.54, 1.807) is 6.92 Å². The fraction of sp³-hybridized carbons (Fsp3) is 0.364. The van der Waals surface area contributed by atoms with E-state index in [4.69, 9.17) is 0 Å². The molecule has 5 nitrogen and oxygen atoms in total. The van der Waals surface area contributed by atoms with Gasteiger partial charge in [0.15, 0.2) is 0 Å². The lowest BCUT2D eigenvalue weighted by Crippen LogP contribution is -2.26. The van der Waals surface area contributed by atoms with Crippen LogP contribution in [-0.4, -0.2) is 23.7 Å². The van der Waals surface area contributed by atoms with Crippen molar-refractivity contribution in [3.8, 4) is 0 Å². The number of sulfonamides is 1. The van der Waals surface area contributed by atoms with Crippen LogP contribution in [0.15, 0.2) is 24.3 Å². The SMILES string of the molecule is CCS(=O)(=O)NCc1nc2ccccc2n1C. The Morgan fingerprint density at radius 1 is 1.35 bits per heavy atom. The summed E-state index contributed by atoms with van der Waals surface area (Å²) in [6, 6.07) is 7.71. The number of nitrogens with one attached hydrogen (secondary N) is 1. The minimum atomic E-state index is -3.18. The van der Waals surface area contributed by atoms with Crippen LogP contribution in [0.1, 0.15) is 12.7 Å². The Balaban J connectivity index is 2.28. The zero-order valence-electron chi connectivity index (χ0n) is 9.84. The van der Waals surface area contributed by atoms with Crippen molar-refractivity contribution in [1.82, 2.24) is 14.3 Å². The van der Waals surface area contributed by atoms with Crippen LogP contribution in [0.5, 0.6) is 0 Å². The van der Waals surface area contributed by atoms with Crippen molar-refractivity contribution in [2.45, 2.75) is 13.5 Å². The van der Waals surface area contributed by atoms with E-state index in [0.717, 1.165) is 11.0 Å². The van der Waals surface area contributed by atoms with Gasteiger partial charge >= 0.3 is 0 Å². The first-order valence-corrected chi connectivity index (χ1v) is 7.06. The predicted octanol–water partition coefficient (Wildman–Crippen LogP) is 1.01. The van der Waals surface area contributed by atoms with E-state index in [-0.39, 0.29) is 12.3 Å². The molecule has 0 aliphatic rings. The van der Waals surface area contributed by atoms with Crippen LogP contribution >= 0.6 is 0 Å². The molecule has 0 radical (unpaired) electrons. The fourth-order valence-corrected chi connectivity index (χ4v) is 2.18. The summed E-state index contributed by atoms with van der Waals surface area (Å²) >= 11 is 0. The van der Waals surface area contributed by atoms with Gasteiger partial charge in [0, 0.05) is 7.05 Å². The highest BCUT2D eigenvalue weighted by atomic mass is 32.2. The summed E-state index contributed by atoms with van der Waals surface area (Å²) < 4.78 is 27.1. The summed E-state index contributed by atoms with van der Waals surface area (Å²) in [7, 11) is -1.30. The number of rotatable bonds is 4.